The summed E-state index contributed by atoms with van der Waals surface area (Å²) >= 11 is 0. The summed E-state index contributed by atoms with van der Waals surface area (Å²) in [5.74, 6) is -1.54. The number of hydrogen-bond acceptors (Lipinski definition) is 3. The quantitative estimate of drug-likeness (QED) is 0.703. The zero-order valence-electron chi connectivity index (χ0n) is 8.95. The van der Waals surface area contributed by atoms with Crippen molar-refractivity contribution in [1.82, 2.24) is 4.90 Å². The second kappa shape index (κ2) is 4.00. The maximum atomic E-state index is 11.5. The molecular formula is C10H15NO4. The first-order valence-corrected chi connectivity index (χ1v) is 4.92. The van der Waals surface area contributed by atoms with Crippen molar-refractivity contribution in [2.45, 2.75) is 45.1 Å². The Morgan fingerprint density at radius 3 is 2.20 bits per heavy atom. The van der Waals surface area contributed by atoms with E-state index in [-0.39, 0.29) is 18.2 Å². The molecule has 0 atom stereocenters. The van der Waals surface area contributed by atoms with Gasteiger partial charge in [0.1, 0.15) is 0 Å². The lowest BCUT2D eigenvalue weighted by Crippen LogP contribution is -2.53. The predicted molar refractivity (Wildman–Crippen MR) is 52.0 cm³/mol. The molecule has 0 aromatic heterocycles. The van der Waals surface area contributed by atoms with E-state index in [4.69, 9.17) is 5.11 Å². The molecule has 1 saturated heterocycles. The molecule has 0 aromatic carbocycles. The molecule has 0 unspecified atom stereocenters. The van der Waals surface area contributed by atoms with Crippen molar-refractivity contribution < 1.29 is 19.5 Å². The minimum Gasteiger partial charge on any atom is -0.481 e. The van der Waals surface area contributed by atoms with E-state index in [2.05, 4.69) is 0 Å². The highest BCUT2D eigenvalue weighted by Gasteiger charge is 2.39. The lowest BCUT2D eigenvalue weighted by Gasteiger charge is -2.38. The molecule has 5 heteroatoms. The average molecular weight is 213 g/mol. The number of carbonyl (C=O) groups is 3. The lowest BCUT2D eigenvalue weighted by atomic mass is 9.94. The minimum absolute atomic E-state index is 0.218. The molecule has 5 nitrogen and oxygen atoms in total. The van der Waals surface area contributed by atoms with Gasteiger partial charge in [0.25, 0.3) is 0 Å². The lowest BCUT2D eigenvalue weighted by molar-refractivity contribution is -0.156. The minimum atomic E-state index is -1.01. The second-order valence-corrected chi connectivity index (χ2v) is 4.36. The van der Waals surface area contributed by atoms with Crippen LogP contribution < -0.4 is 0 Å². The van der Waals surface area contributed by atoms with Crippen molar-refractivity contribution in [3.8, 4) is 0 Å². The fourth-order valence-corrected chi connectivity index (χ4v) is 1.88. The van der Waals surface area contributed by atoms with E-state index in [1.54, 1.807) is 13.8 Å². The van der Waals surface area contributed by atoms with Crippen molar-refractivity contribution in [2.75, 3.05) is 0 Å². The molecular weight excluding hydrogens is 198 g/mol. The number of piperidine rings is 1. The summed E-state index contributed by atoms with van der Waals surface area (Å²) in [5, 5.41) is 8.70. The zero-order chi connectivity index (χ0) is 11.6. The average Bonchev–Trinajstić information content (AvgIpc) is 1.99. The van der Waals surface area contributed by atoms with E-state index < -0.39 is 11.5 Å². The first kappa shape index (κ1) is 11.7. The molecule has 0 aliphatic carbocycles. The monoisotopic (exact) mass is 213 g/mol. The molecule has 1 rings (SSSR count). The SMILES string of the molecule is CC(C)(CC(=O)O)N1C(=O)CCCC1=O. The topological polar surface area (TPSA) is 74.7 Å². The number of hydrogen-bond donors (Lipinski definition) is 1. The third-order valence-electron chi connectivity index (χ3n) is 2.47. The molecule has 0 spiro atoms. The van der Waals surface area contributed by atoms with E-state index in [9.17, 15) is 14.4 Å². The van der Waals surface area contributed by atoms with E-state index >= 15 is 0 Å². The van der Waals surface area contributed by atoms with Gasteiger partial charge in [-0.05, 0) is 20.3 Å². The second-order valence-electron chi connectivity index (χ2n) is 4.36. The van der Waals surface area contributed by atoms with Gasteiger partial charge in [0.2, 0.25) is 11.8 Å². The largest absolute Gasteiger partial charge is 0.481 e. The molecule has 0 aromatic rings. The normalized spacial score (nSPS) is 18.1. The molecule has 0 bridgehead atoms. The van der Waals surface area contributed by atoms with Crippen molar-refractivity contribution in [1.29, 1.82) is 0 Å². The predicted octanol–water partition coefficient (Wildman–Crippen LogP) is 0.779. The van der Waals surface area contributed by atoms with Crippen molar-refractivity contribution in [3.05, 3.63) is 0 Å². The molecule has 1 aliphatic rings. The first-order valence-electron chi connectivity index (χ1n) is 4.92. The van der Waals surface area contributed by atoms with Crippen LogP contribution in [0.5, 0.6) is 0 Å². The van der Waals surface area contributed by atoms with Gasteiger partial charge in [-0.25, -0.2) is 0 Å². The number of carboxylic acids is 1. The number of amides is 2. The maximum absolute atomic E-state index is 11.5. The van der Waals surface area contributed by atoms with Gasteiger partial charge in [0, 0.05) is 12.8 Å². The third kappa shape index (κ3) is 2.55. The Bertz CT molecular complexity index is 293. The smallest absolute Gasteiger partial charge is 0.305 e. The van der Waals surface area contributed by atoms with Gasteiger partial charge >= 0.3 is 5.97 Å². The molecule has 1 heterocycles. The van der Waals surface area contributed by atoms with Crippen LogP contribution in [0.25, 0.3) is 0 Å². The number of likely N-dealkylation sites (tertiary alicyclic amines) is 1. The van der Waals surface area contributed by atoms with Crippen LogP contribution in [0.3, 0.4) is 0 Å². The fourth-order valence-electron chi connectivity index (χ4n) is 1.88. The van der Waals surface area contributed by atoms with E-state index in [1.165, 1.54) is 0 Å². The number of nitrogens with zero attached hydrogens (tertiary/aromatic N) is 1. The van der Waals surface area contributed by atoms with Gasteiger partial charge in [0.05, 0.1) is 12.0 Å². The van der Waals surface area contributed by atoms with E-state index in [1.807, 2.05) is 0 Å². The van der Waals surface area contributed by atoms with E-state index in [0.717, 1.165) is 4.90 Å². The molecule has 84 valence electrons. The van der Waals surface area contributed by atoms with Crippen molar-refractivity contribution in [3.63, 3.8) is 0 Å². The highest BCUT2D eigenvalue weighted by molar-refractivity contribution is 5.98. The molecule has 1 N–H and O–H groups in total. The van der Waals surface area contributed by atoms with Crippen LogP contribution in [0.15, 0.2) is 0 Å². The highest BCUT2D eigenvalue weighted by atomic mass is 16.4. The van der Waals surface area contributed by atoms with Gasteiger partial charge in [0.15, 0.2) is 0 Å². The summed E-state index contributed by atoms with van der Waals surface area (Å²) in [5.41, 5.74) is -0.930. The third-order valence-corrected chi connectivity index (χ3v) is 2.47. The number of carboxylic acid groups (broad SMARTS) is 1. The number of aliphatic carboxylic acids is 1. The number of imide groups is 1. The summed E-state index contributed by atoms with van der Waals surface area (Å²) in [6.45, 7) is 3.20. The van der Waals surface area contributed by atoms with Crippen LogP contribution in [0, 0.1) is 0 Å². The van der Waals surface area contributed by atoms with Gasteiger partial charge in [-0.3, -0.25) is 19.3 Å². The van der Waals surface area contributed by atoms with Crippen LogP contribution in [0.4, 0.5) is 0 Å². The molecule has 1 aliphatic heterocycles. The number of carbonyl (C=O) groups excluding carboxylic acids is 2. The molecule has 0 radical (unpaired) electrons. The number of rotatable bonds is 3. The van der Waals surface area contributed by atoms with Crippen LogP contribution in [0.2, 0.25) is 0 Å². The van der Waals surface area contributed by atoms with Gasteiger partial charge in [-0.15, -0.1) is 0 Å². The summed E-state index contributed by atoms with van der Waals surface area (Å²) in [6.07, 6.45) is 1.01. The molecule has 0 saturated carbocycles. The van der Waals surface area contributed by atoms with E-state index in [0.29, 0.717) is 19.3 Å². The highest BCUT2D eigenvalue weighted by Crippen LogP contribution is 2.25. The maximum Gasteiger partial charge on any atom is 0.305 e. The Morgan fingerprint density at radius 2 is 1.80 bits per heavy atom. The van der Waals surface area contributed by atoms with Gasteiger partial charge in [-0.1, -0.05) is 0 Å². The molecule has 2 amide bonds. The van der Waals surface area contributed by atoms with Crippen LogP contribution >= 0.6 is 0 Å². The van der Waals surface area contributed by atoms with Gasteiger partial charge < -0.3 is 5.11 Å². The van der Waals surface area contributed by atoms with Crippen LogP contribution in [0.1, 0.15) is 39.5 Å². The van der Waals surface area contributed by atoms with Crippen molar-refractivity contribution >= 4 is 17.8 Å². The van der Waals surface area contributed by atoms with Gasteiger partial charge in [-0.2, -0.15) is 0 Å². The Kier molecular flexibility index (Phi) is 3.12. The summed E-state index contributed by atoms with van der Waals surface area (Å²) in [7, 11) is 0. The summed E-state index contributed by atoms with van der Waals surface area (Å²) < 4.78 is 0. The Morgan fingerprint density at radius 1 is 1.33 bits per heavy atom. The Labute approximate surface area is 88.1 Å². The zero-order valence-corrected chi connectivity index (χ0v) is 8.95. The van der Waals surface area contributed by atoms with Crippen LogP contribution in [-0.2, 0) is 14.4 Å². The first-order chi connectivity index (χ1) is 6.84. The summed E-state index contributed by atoms with van der Waals surface area (Å²) in [4.78, 5) is 34.8. The Balaban J connectivity index is 2.87. The Hall–Kier alpha value is -1.39. The summed E-state index contributed by atoms with van der Waals surface area (Å²) in [6, 6.07) is 0. The van der Waals surface area contributed by atoms with Crippen LogP contribution in [-0.4, -0.2) is 33.3 Å². The fraction of sp³-hybridized carbons (Fsp3) is 0.700. The van der Waals surface area contributed by atoms with Crippen molar-refractivity contribution in [2.24, 2.45) is 0 Å². The standard InChI is InChI=1S/C10H15NO4/c1-10(2,6-9(14)15)11-7(12)4-3-5-8(11)13/h3-6H2,1-2H3,(H,14,15). The molecule has 15 heavy (non-hydrogen) atoms. The molecule has 1 fully saturated rings.